The van der Waals surface area contributed by atoms with Crippen LogP contribution in [-0.4, -0.2) is 45.3 Å². The predicted octanol–water partition coefficient (Wildman–Crippen LogP) is 2.16. The number of ketones is 2. The van der Waals surface area contributed by atoms with Gasteiger partial charge in [0.1, 0.15) is 11.5 Å². The molecular weight excluding hydrogens is 300 g/mol. The molecule has 1 aliphatic carbocycles. The Morgan fingerprint density at radius 2 is 1.83 bits per heavy atom. The van der Waals surface area contributed by atoms with Gasteiger partial charge in [0.15, 0.2) is 17.9 Å². The molecule has 1 aromatic rings. The zero-order chi connectivity index (χ0) is 16.7. The van der Waals surface area contributed by atoms with Crippen LogP contribution in [0.4, 0.5) is 0 Å². The number of benzene rings is 1. The second-order valence-corrected chi connectivity index (χ2v) is 5.52. The number of fused-ring (bicyclic) bond motifs is 1. The largest absolute Gasteiger partial charge is 0.497 e. The summed E-state index contributed by atoms with van der Waals surface area (Å²) in [5.74, 6) is 0.267. The Balaban J connectivity index is 2.23. The van der Waals surface area contributed by atoms with Crippen molar-refractivity contribution in [2.75, 3.05) is 21.3 Å². The van der Waals surface area contributed by atoms with Crippen molar-refractivity contribution in [3.05, 3.63) is 34.4 Å². The van der Waals surface area contributed by atoms with E-state index in [2.05, 4.69) is 0 Å². The van der Waals surface area contributed by atoms with E-state index in [-0.39, 0.29) is 28.8 Å². The summed E-state index contributed by atoms with van der Waals surface area (Å²) in [6.45, 7) is 1.84. The Bertz CT molecular complexity index is 718. The standard InChI is InChI=1S/C17H18O6/c1-8-5-10-14(17(22-4)23-8)16(19)13-11(15(10)18)6-9(20-2)7-12(13)21-3/h6-8,17H,5H2,1-4H3/t8-,17-/m1/s1. The molecule has 0 fully saturated rings. The second-order valence-electron chi connectivity index (χ2n) is 5.52. The average Bonchev–Trinajstić information content (AvgIpc) is 2.57. The molecule has 6 heteroatoms. The van der Waals surface area contributed by atoms with E-state index in [9.17, 15) is 9.59 Å². The molecule has 1 aliphatic heterocycles. The fourth-order valence-electron chi connectivity index (χ4n) is 3.08. The molecule has 23 heavy (non-hydrogen) atoms. The van der Waals surface area contributed by atoms with Gasteiger partial charge in [-0.2, -0.15) is 0 Å². The summed E-state index contributed by atoms with van der Waals surface area (Å²) < 4.78 is 21.4. The molecule has 2 atom stereocenters. The van der Waals surface area contributed by atoms with Crippen LogP contribution in [0.3, 0.4) is 0 Å². The highest BCUT2D eigenvalue weighted by Gasteiger charge is 2.42. The maximum atomic E-state index is 13.0. The van der Waals surface area contributed by atoms with Gasteiger partial charge in [0.2, 0.25) is 0 Å². The van der Waals surface area contributed by atoms with Gasteiger partial charge in [0.25, 0.3) is 0 Å². The number of hydrogen-bond acceptors (Lipinski definition) is 6. The lowest BCUT2D eigenvalue weighted by Crippen LogP contribution is -2.38. The fourth-order valence-corrected chi connectivity index (χ4v) is 3.08. The summed E-state index contributed by atoms with van der Waals surface area (Å²) >= 11 is 0. The molecule has 0 bridgehead atoms. The Hall–Kier alpha value is -2.18. The minimum Gasteiger partial charge on any atom is -0.497 e. The minimum absolute atomic E-state index is 0.204. The number of methoxy groups -OCH3 is 3. The third kappa shape index (κ3) is 2.34. The van der Waals surface area contributed by atoms with E-state index in [1.807, 2.05) is 6.92 Å². The first-order valence-electron chi connectivity index (χ1n) is 7.28. The van der Waals surface area contributed by atoms with Crippen molar-refractivity contribution < 1.29 is 28.5 Å². The Morgan fingerprint density at radius 3 is 2.43 bits per heavy atom. The highest BCUT2D eigenvalue weighted by molar-refractivity contribution is 6.28. The molecule has 0 saturated carbocycles. The fraction of sp³-hybridized carbons (Fsp3) is 0.412. The third-order valence-corrected chi connectivity index (χ3v) is 4.14. The minimum atomic E-state index is -0.842. The van der Waals surface area contributed by atoms with Crippen LogP contribution in [0.15, 0.2) is 23.3 Å². The first-order valence-corrected chi connectivity index (χ1v) is 7.28. The van der Waals surface area contributed by atoms with Crippen molar-refractivity contribution in [3.8, 4) is 11.5 Å². The Kier molecular flexibility index (Phi) is 3.95. The van der Waals surface area contributed by atoms with E-state index < -0.39 is 6.29 Å². The summed E-state index contributed by atoms with van der Waals surface area (Å²) in [6, 6.07) is 3.16. The number of Topliss-reactive ketones (excluding diaryl/α,β-unsaturated/α-hetero) is 2. The van der Waals surface area contributed by atoms with Gasteiger partial charge in [-0.25, -0.2) is 0 Å². The molecule has 0 aromatic heterocycles. The van der Waals surface area contributed by atoms with Gasteiger partial charge in [-0.15, -0.1) is 0 Å². The summed E-state index contributed by atoms with van der Waals surface area (Å²) in [5.41, 5.74) is 1.25. The zero-order valence-corrected chi connectivity index (χ0v) is 13.5. The molecule has 1 aromatic carbocycles. The van der Waals surface area contributed by atoms with Crippen LogP contribution in [0.1, 0.15) is 34.1 Å². The maximum absolute atomic E-state index is 13.0. The van der Waals surface area contributed by atoms with Crippen molar-refractivity contribution in [1.29, 1.82) is 0 Å². The molecule has 0 spiro atoms. The van der Waals surface area contributed by atoms with Gasteiger partial charge in [-0.05, 0) is 13.0 Å². The molecule has 1 heterocycles. The maximum Gasteiger partial charge on any atom is 0.199 e. The molecule has 0 amide bonds. The highest BCUT2D eigenvalue weighted by Crippen LogP contribution is 2.40. The number of hydrogen-bond donors (Lipinski definition) is 0. The number of carbonyl (C=O) groups excluding carboxylic acids is 2. The quantitative estimate of drug-likeness (QED) is 0.850. The van der Waals surface area contributed by atoms with E-state index in [1.54, 1.807) is 12.1 Å². The van der Waals surface area contributed by atoms with E-state index in [0.717, 1.165) is 0 Å². The lowest BCUT2D eigenvalue weighted by atomic mass is 9.80. The van der Waals surface area contributed by atoms with Crippen LogP contribution < -0.4 is 9.47 Å². The van der Waals surface area contributed by atoms with Crippen LogP contribution >= 0.6 is 0 Å². The number of carbonyl (C=O) groups is 2. The molecule has 122 valence electrons. The zero-order valence-electron chi connectivity index (χ0n) is 13.5. The van der Waals surface area contributed by atoms with E-state index >= 15 is 0 Å². The summed E-state index contributed by atoms with van der Waals surface area (Å²) in [4.78, 5) is 25.9. The molecule has 2 aliphatic rings. The molecule has 0 saturated heterocycles. The van der Waals surface area contributed by atoms with E-state index in [1.165, 1.54) is 21.3 Å². The van der Waals surface area contributed by atoms with Gasteiger partial charge in [-0.3, -0.25) is 9.59 Å². The smallest absolute Gasteiger partial charge is 0.199 e. The van der Waals surface area contributed by atoms with Crippen LogP contribution in [-0.2, 0) is 9.47 Å². The lowest BCUT2D eigenvalue weighted by Gasteiger charge is -2.33. The summed E-state index contributed by atoms with van der Waals surface area (Å²) in [7, 11) is 4.40. The van der Waals surface area contributed by atoms with Crippen LogP contribution in [0.5, 0.6) is 11.5 Å². The molecular formula is C17H18O6. The molecule has 0 unspecified atom stereocenters. The van der Waals surface area contributed by atoms with Crippen molar-refractivity contribution in [2.24, 2.45) is 0 Å². The van der Waals surface area contributed by atoms with Crippen LogP contribution in [0.2, 0.25) is 0 Å². The molecule has 0 radical (unpaired) electrons. The Morgan fingerprint density at radius 1 is 1.09 bits per heavy atom. The predicted molar refractivity (Wildman–Crippen MR) is 81.2 cm³/mol. The van der Waals surface area contributed by atoms with Crippen molar-refractivity contribution in [3.63, 3.8) is 0 Å². The first-order chi connectivity index (χ1) is 11.0. The molecule has 0 N–H and O–H groups in total. The number of ether oxygens (including phenoxy) is 4. The second kappa shape index (κ2) is 5.79. The highest BCUT2D eigenvalue weighted by atomic mass is 16.7. The van der Waals surface area contributed by atoms with Crippen molar-refractivity contribution in [1.82, 2.24) is 0 Å². The van der Waals surface area contributed by atoms with Crippen LogP contribution in [0.25, 0.3) is 0 Å². The van der Waals surface area contributed by atoms with Gasteiger partial charge in [0.05, 0.1) is 31.5 Å². The Labute approximate surface area is 134 Å². The normalized spacial score (nSPS) is 23.5. The van der Waals surface area contributed by atoms with Gasteiger partial charge in [-0.1, -0.05) is 0 Å². The first kappa shape index (κ1) is 15.7. The van der Waals surface area contributed by atoms with E-state index in [0.29, 0.717) is 29.1 Å². The summed E-state index contributed by atoms with van der Waals surface area (Å²) in [6.07, 6.45) is -0.673. The average molecular weight is 318 g/mol. The third-order valence-electron chi connectivity index (χ3n) is 4.14. The summed E-state index contributed by atoms with van der Waals surface area (Å²) in [5, 5.41) is 0. The van der Waals surface area contributed by atoms with Crippen LogP contribution in [0, 0.1) is 0 Å². The monoisotopic (exact) mass is 318 g/mol. The van der Waals surface area contributed by atoms with Gasteiger partial charge in [0, 0.05) is 30.7 Å². The van der Waals surface area contributed by atoms with Crippen molar-refractivity contribution in [2.45, 2.75) is 25.7 Å². The SMILES string of the molecule is COc1cc(OC)c2c(c1)C(=O)C1=C(C2=O)[C@H](OC)O[C@H](C)C1. The van der Waals surface area contributed by atoms with E-state index in [4.69, 9.17) is 18.9 Å². The molecule has 3 rings (SSSR count). The number of rotatable bonds is 3. The topological polar surface area (TPSA) is 71.1 Å². The van der Waals surface area contributed by atoms with Crippen molar-refractivity contribution >= 4 is 11.6 Å². The molecule has 6 nitrogen and oxygen atoms in total. The van der Waals surface area contributed by atoms with Gasteiger partial charge >= 0.3 is 0 Å². The lowest BCUT2D eigenvalue weighted by molar-refractivity contribution is -0.133. The van der Waals surface area contributed by atoms with Gasteiger partial charge < -0.3 is 18.9 Å².